The molecule has 0 saturated heterocycles. The van der Waals surface area contributed by atoms with Crippen LogP contribution in [0.1, 0.15) is 29.6 Å². The standard InChI is InChI=1S/C18H19N3O3S/c22-14(12-6-3-9-17(24)20-12)11-19-16(23)8-4-10-18-21-13-5-1-2-7-15(13)25-18/h1-3,5-7,9,14,22H,4,8,10-11H2,(H,19,23)(H,20,24). The Hall–Kier alpha value is -2.51. The van der Waals surface area contributed by atoms with E-state index in [1.165, 1.54) is 6.07 Å². The molecule has 0 aliphatic heterocycles. The molecule has 1 atom stereocenters. The van der Waals surface area contributed by atoms with Gasteiger partial charge in [-0.05, 0) is 31.0 Å². The number of aliphatic hydroxyl groups excluding tert-OH is 1. The van der Waals surface area contributed by atoms with Crippen LogP contribution in [0.4, 0.5) is 0 Å². The molecule has 2 heterocycles. The Kier molecular flexibility index (Phi) is 5.57. The summed E-state index contributed by atoms with van der Waals surface area (Å²) in [6.45, 7) is 0.0694. The summed E-state index contributed by atoms with van der Waals surface area (Å²) in [7, 11) is 0. The molecule has 6 nitrogen and oxygen atoms in total. The molecule has 1 aromatic carbocycles. The van der Waals surface area contributed by atoms with Crippen LogP contribution in [-0.4, -0.2) is 27.5 Å². The van der Waals surface area contributed by atoms with E-state index < -0.39 is 6.10 Å². The lowest BCUT2D eigenvalue weighted by Gasteiger charge is -2.11. The quantitative estimate of drug-likeness (QED) is 0.604. The number of H-pyrrole nitrogens is 1. The number of aromatic nitrogens is 2. The van der Waals surface area contributed by atoms with Crippen molar-refractivity contribution in [2.24, 2.45) is 0 Å². The Bertz CT molecular complexity index is 886. The number of fused-ring (bicyclic) bond motifs is 1. The van der Waals surface area contributed by atoms with E-state index in [4.69, 9.17) is 0 Å². The molecule has 7 heteroatoms. The topological polar surface area (TPSA) is 95.1 Å². The van der Waals surface area contributed by atoms with Gasteiger partial charge in [-0.25, -0.2) is 4.98 Å². The van der Waals surface area contributed by atoms with E-state index in [1.54, 1.807) is 23.5 Å². The lowest BCUT2D eigenvalue weighted by atomic mass is 10.2. The molecule has 0 radical (unpaired) electrons. The summed E-state index contributed by atoms with van der Waals surface area (Å²) in [5, 5.41) is 13.7. The number of nitrogens with one attached hydrogen (secondary N) is 2. The summed E-state index contributed by atoms with van der Waals surface area (Å²) in [4.78, 5) is 30.2. The lowest BCUT2D eigenvalue weighted by Crippen LogP contribution is -2.29. The third-order valence-corrected chi connectivity index (χ3v) is 4.87. The number of amides is 1. The van der Waals surface area contributed by atoms with Gasteiger partial charge in [-0.3, -0.25) is 9.59 Å². The number of rotatable bonds is 7. The minimum absolute atomic E-state index is 0.0694. The second-order valence-electron chi connectivity index (χ2n) is 5.72. The molecule has 0 bridgehead atoms. The molecule has 25 heavy (non-hydrogen) atoms. The smallest absolute Gasteiger partial charge is 0.248 e. The Morgan fingerprint density at radius 2 is 2.08 bits per heavy atom. The minimum atomic E-state index is -0.929. The van der Waals surface area contributed by atoms with Gasteiger partial charge in [-0.2, -0.15) is 0 Å². The zero-order valence-corrected chi connectivity index (χ0v) is 14.4. The molecule has 0 saturated carbocycles. The lowest BCUT2D eigenvalue weighted by molar-refractivity contribution is -0.121. The van der Waals surface area contributed by atoms with Crippen molar-refractivity contribution in [3.05, 3.63) is 63.5 Å². The van der Waals surface area contributed by atoms with Crippen LogP contribution in [0, 0.1) is 0 Å². The predicted octanol–water partition coefficient (Wildman–Crippen LogP) is 2.16. The van der Waals surface area contributed by atoms with Gasteiger partial charge in [-0.1, -0.05) is 18.2 Å². The largest absolute Gasteiger partial charge is 0.385 e. The maximum atomic E-state index is 11.9. The average Bonchev–Trinajstić information content (AvgIpc) is 3.02. The van der Waals surface area contributed by atoms with E-state index in [9.17, 15) is 14.7 Å². The number of aliphatic hydroxyl groups is 1. The van der Waals surface area contributed by atoms with Gasteiger partial charge in [0, 0.05) is 24.7 Å². The van der Waals surface area contributed by atoms with Gasteiger partial charge in [0.1, 0.15) is 6.10 Å². The fourth-order valence-electron chi connectivity index (χ4n) is 2.50. The molecule has 3 rings (SSSR count). The third kappa shape index (κ3) is 4.74. The van der Waals surface area contributed by atoms with Gasteiger partial charge in [0.2, 0.25) is 11.5 Å². The Morgan fingerprint density at radius 3 is 2.88 bits per heavy atom. The van der Waals surface area contributed by atoms with Gasteiger partial charge in [0.15, 0.2) is 0 Å². The molecular formula is C18H19N3O3S. The van der Waals surface area contributed by atoms with Gasteiger partial charge in [0.05, 0.1) is 15.2 Å². The maximum absolute atomic E-state index is 11.9. The molecule has 2 aromatic heterocycles. The number of aromatic amines is 1. The summed E-state index contributed by atoms with van der Waals surface area (Å²) >= 11 is 1.65. The van der Waals surface area contributed by atoms with Crippen molar-refractivity contribution in [2.45, 2.75) is 25.4 Å². The van der Waals surface area contributed by atoms with Crippen molar-refractivity contribution in [3.8, 4) is 0 Å². The molecule has 0 aliphatic rings. The van der Waals surface area contributed by atoms with Crippen molar-refractivity contribution in [2.75, 3.05) is 6.54 Å². The van der Waals surface area contributed by atoms with Crippen LogP contribution < -0.4 is 10.9 Å². The molecule has 3 N–H and O–H groups in total. The summed E-state index contributed by atoms with van der Waals surface area (Å²) < 4.78 is 1.15. The van der Waals surface area contributed by atoms with Crippen molar-refractivity contribution < 1.29 is 9.90 Å². The van der Waals surface area contributed by atoms with E-state index in [0.717, 1.165) is 21.6 Å². The third-order valence-electron chi connectivity index (χ3n) is 3.78. The zero-order chi connectivity index (χ0) is 17.6. The van der Waals surface area contributed by atoms with Crippen LogP contribution in [0.25, 0.3) is 10.2 Å². The highest BCUT2D eigenvalue weighted by molar-refractivity contribution is 7.18. The van der Waals surface area contributed by atoms with Crippen molar-refractivity contribution in [1.82, 2.24) is 15.3 Å². The highest BCUT2D eigenvalue weighted by Gasteiger charge is 2.10. The molecule has 0 spiro atoms. The first-order chi connectivity index (χ1) is 12.1. The van der Waals surface area contributed by atoms with E-state index in [2.05, 4.69) is 15.3 Å². The average molecular weight is 357 g/mol. The first-order valence-electron chi connectivity index (χ1n) is 8.10. The molecule has 1 amide bonds. The molecule has 1 unspecified atom stereocenters. The summed E-state index contributed by atoms with van der Waals surface area (Å²) in [6.07, 6.45) is 0.890. The molecular weight excluding hydrogens is 338 g/mol. The van der Waals surface area contributed by atoms with Crippen molar-refractivity contribution >= 4 is 27.5 Å². The summed E-state index contributed by atoms with van der Waals surface area (Å²) in [6, 6.07) is 12.5. The zero-order valence-electron chi connectivity index (χ0n) is 13.6. The van der Waals surface area contributed by atoms with Crippen LogP contribution in [0.3, 0.4) is 0 Å². The molecule has 130 valence electrons. The number of thiazole rings is 1. The van der Waals surface area contributed by atoms with E-state index >= 15 is 0 Å². The Morgan fingerprint density at radius 1 is 1.24 bits per heavy atom. The predicted molar refractivity (Wildman–Crippen MR) is 97.6 cm³/mol. The van der Waals surface area contributed by atoms with Gasteiger partial charge in [0.25, 0.3) is 0 Å². The van der Waals surface area contributed by atoms with Crippen LogP contribution in [-0.2, 0) is 11.2 Å². The van der Waals surface area contributed by atoms with Crippen LogP contribution >= 0.6 is 11.3 Å². The van der Waals surface area contributed by atoms with Gasteiger partial charge < -0.3 is 15.4 Å². The van der Waals surface area contributed by atoms with Gasteiger partial charge in [-0.15, -0.1) is 11.3 Å². The number of aryl methyl sites for hydroxylation is 1. The number of para-hydroxylation sites is 1. The van der Waals surface area contributed by atoms with Crippen molar-refractivity contribution in [3.63, 3.8) is 0 Å². The fourth-order valence-corrected chi connectivity index (χ4v) is 3.50. The first kappa shape index (κ1) is 17.3. The summed E-state index contributed by atoms with van der Waals surface area (Å²) in [5.74, 6) is -0.126. The normalized spacial score (nSPS) is 12.2. The molecule has 0 aliphatic carbocycles. The summed E-state index contributed by atoms with van der Waals surface area (Å²) in [5.41, 5.74) is 1.10. The number of hydrogen-bond acceptors (Lipinski definition) is 5. The minimum Gasteiger partial charge on any atom is -0.385 e. The van der Waals surface area contributed by atoms with E-state index in [0.29, 0.717) is 18.5 Å². The second-order valence-corrected chi connectivity index (χ2v) is 6.83. The number of carbonyl (C=O) groups excluding carboxylic acids is 1. The monoisotopic (exact) mass is 357 g/mol. The van der Waals surface area contributed by atoms with Crippen LogP contribution in [0.2, 0.25) is 0 Å². The fraction of sp³-hybridized carbons (Fsp3) is 0.278. The van der Waals surface area contributed by atoms with Crippen LogP contribution in [0.5, 0.6) is 0 Å². The van der Waals surface area contributed by atoms with E-state index in [-0.39, 0.29) is 18.0 Å². The van der Waals surface area contributed by atoms with E-state index in [1.807, 2.05) is 24.3 Å². The number of carbonyl (C=O) groups is 1. The number of pyridine rings is 1. The van der Waals surface area contributed by atoms with Crippen LogP contribution in [0.15, 0.2) is 47.3 Å². The Balaban J connectivity index is 1.42. The Labute approximate surface area is 148 Å². The molecule has 0 fully saturated rings. The SMILES string of the molecule is O=C(CCCc1nc2ccccc2s1)NCC(O)c1cccc(=O)[nH]1. The molecule has 3 aromatic rings. The maximum Gasteiger partial charge on any atom is 0.248 e. The van der Waals surface area contributed by atoms with Crippen molar-refractivity contribution in [1.29, 1.82) is 0 Å². The first-order valence-corrected chi connectivity index (χ1v) is 8.92. The second kappa shape index (κ2) is 8.04. The number of nitrogens with zero attached hydrogens (tertiary/aromatic N) is 1. The van der Waals surface area contributed by atoms with Gasteiger partial charge >= 0.3 is 0 Å². The highest BCUT2D eigenvalue weighted by Crippen LogP contribution is 2.22. The number of hydrogen-bond donors (Lipinski definition) is 3. The number of benzene rings is 1. The highest BCUT2D eigenvalue weighted by atomic mass is 32.1.